The summed E-state index contributed by atoms with van der Waals surface area (Å²) in [7, 11) is 0. The molecule has 1 aromatic carbocycles. The maximum atomic E-state index is 12.5. The van der Waals surface area contributed by atoms with Gasteiger partial charge in [-0.2, -0.15) is 0 Å². The number of amides is 2. The molecule has 0 aliphatic carbocycles. The molecule has 0 atom stereocenters. The third-order valence-electron chi connectivity index (χ3n) is 4.94. The van der Waals surface area contributed by atoms with E-state index in [9.17, 15) is 9.59 Å². The van der Waals surface area contributed by atoms with Crippen LogP contribution in [0.15, 0.2) is 27.6 Å². The molecule has 2 amide bonds. The van der Waals surface area contributed by atoms with Crippen LogP contribution in [0.25, 0.3) is 0 Å². The number of piperazine rings is 1. The summed E-state index contributed by atoms with van der Waals surface area (Å²) in [5.41, 5.74) is 1.17. The maximum Gasteiger partial charge on any atom is 0.236 e. The second-order valence-electron chi connectivity index (χ2n) is 6.85. The molecule has 1 aromatic rings. The molecule has 0 unspecified atom stereocenters. The summed E-state index contributed by atoms with van der Waals surface area (Å²) in [5, 5.41) is 0. The van der Waals surface area contributed by atoms with Crippen LogP contribution in [0.1, 0.15) is 5.56 Å². The van der Waals surface area contributed by atoms with E-state index in [4.69, 9.17) is 4.74 Å². The summed E-state index contributed by atoms with van der Waals surface area (Å²) in [6, 6.07) is 6.10. The molecule has 3 rings (SSSR count). The minimum Gasteiger partial charge on any atom is -0.379 e. The minimum absolute atomic E-state index is 0.141. The van der Waals surface area contributed by atoms with Gasteiger partial charge in [-0.1, -0.05) is 15.9 Å². The molecule has 0 saturated carbocycles. The van der Waals surface area contributed by atoms with Crippen molar-refractivity contribution in [3.8, 4) is 0 Å². The normalized spacial score (nSPS) is 18.6. The number of carbonyl (C=O) groups is 2. The highest BCUT2D eigenvalue weighted by atomic mass is 79.9. The lowest BCUT2D eigenvalue weighted by Crippen LogP contribution is -2.53. The van der Waals surface area contributed by atoms with Gasteiger partial charge >= 0.3 is 0 Å². The van der Waals surface area contributed by atoms with E-state index in [-0.39, 0.29) is 11.8 Å². The number of thioether (sulfide) groups is 1. The number of carbonyl (C=O) groups excluding carboxylic acids is 2. The van der Waals surface area contributed by atoms with Crippen molar-refractivity contribution in [1.82, 2.24) is 14.7 Å². The number of halogens is 1. The van der Waals surface area contributed by atoms with Crippen molar-refractivity contribution in [2.45, 2.75) is 11.8 Å². The topological polar surface area (TPSA) is 53.1 Å². The Bertz CT molecular complexity index is 674. The highest BCUT2D eigenvalue weighted by Crippen LogP contribution is 2.25. The number of ether oxygens (including phenoxy) is 1. The predicted octanol–water partition coefficient (Wildman–Crippen LogP) is 1.85. The monoisotopic (exact) mass is 455 g/mol. The van der Waals surface area contributed by atoms with Gasteiger partial charge in [-0.05, 0) is 30.7 Å². The highest BCUT2D eigenvalue weighted by molar-refractivity contribution is 9.10. The summed E-state index contributed by atoms with van der Waals surface area (Å²) in [5.74, 6) is 0.732. The van der Waals surface area contributed by atoms with Gasteiger partial charge in [-0.25, -0.2) is 0 Å². The second kappa shape index (κ2) is 9.91. The Labute approximate surface area is 173 Å². The van der Waals surface area contributed by atoms with Gasteiger partial charge in [-0.3, -0.25) is 14.5 Å². The Morgan fingerprint density at radius 1 is 1.04 bits per heavy atom. The van der Waals surface area contributed by atoms with E-state index in [0.29, 0.717) is 51.7 Å². The van der Waals surface area contributed by atoms with Gasteiger partial charge in [0.2, 0.25) is 11.8 Å². The number of aryl methyl sites for hydroxylation is 1. The number of hydrogen-bond donors (Lipinski definition) is 0. The fourth-order valence-electron chi connectivity index (χ4n) is 3.26. The molecule has 2 heterocycles. The smallest absolute Gasteiger partial charge is 0.236 e. The molecule has 0 bridgehead atoms. The summed E-state index contributed by atoms with van der Waals surface area (Å²) in [6.07, 6.45) is 0. The Hall–Kier alpha value is -1.09. The van der Waals surface area contributed by atoms with Gasteiger partial charge in [0.25, 0.3) is 0 Å². The van der Waals surface area contributed by atoms with Gasteiger partial charge in [0.15, 0.2) is 0 Å². The quantitative estimate of drug-likeness (QED) is 0.634. The van der Waals surface area contributed by atoms with Crippen molar-refractivity contribution in [2.75, 3.05) is 64.8 Å². The Balaban J connectivity index is 1.41. The second-order valence-corrected chi connectivity index (χ2v) is 8.78. The zero-order chi connectivity index (χ0) is 19.2. The summed E-state index contributed by atoms with van der Waals surface area (Å²) < 4.78 is 6.37. The van der Waals surface area contributed by atoms with E-state index in [1.807, 2.05) is 21.9 Å². The molecule has 0 radical (unpaired) electrons. The first-order valence-corrected chi connectivity index (χ1v) is 11.1. The number of benzene rings is 1. The van der Waals surface area contributed by atoms with Crippen molar-refractivity contribution >= 4 is 39.5 Å². The van der Waals surface area contributed by atoms with Crippen molar-refractivity contribution in [3.05, 3.63) is 28.2 Å². The van der Waals surface area contributed by atoms with Gasteiger partial charge in [0.1, 0.15) is 0 Å². The average molecular weight is 456 g/mol. The fourth-order valence-corrected chi connectivity index (χ4v) is 4.65. The first kappa shape index (κ1) is 20.6. The molecule has 2 aliphatic rings. The molecule has 6 nitrogen and oxygen atoms in total. The van der Waals surface area contributed by atoms with Gasteiger partial charge in [0.05, 0.1) is 25.5 Å². The molecule has 2 aliphatic heterocycles. The van der Waals surface area contributed by atoms with E-state index >= 15 is 0 Å². The van der Waals surface area contributed by atoms with Crippen LogP contribution in [-0.2, 0) is 14.3 Å². The third-order valence-corrected chi connectivity index (χ3v) is 6.59. The molecule has 148 valence electrons. The lowest BCUT2D eigenvalue weighted by atomic mass is 10.2. The molecule has 0 N–H and O–H groups in total. The molecule has 2 saturated heterocycles. The highest BCUT2D eigenvalue weighted by Gasteiger charge is 2.25. The molecule has 27 heavy (non-hydrogen) atoms. The zero-order valence-corrected chi connectivity index (χ0v) is 18.1. The van der Waals surface area contributed by atoms with Crippen LogP contribution in [0.4, 0.5) is 0 Å². The molecular formula is C19H26BrN3O3S. The number of hydrogen-bond acceptors (Lipinski definition) is 5. The van der Waals surface area contributed by atoms with Crippen LogP contribution >= 0.6 is 27.7 Å². The van der Waals surface area contributed by atoms with E-state index in [1.165, 1.54) is 5.56 Å². The summed E-state index contributed by atoms with van der Waals surface area (Å²) in [6.45, 7) is 8.02. The molecular weight excluding hydrogens is 430 g/mol. The Kier molecular flexibility index (Phi) is 7.57. The standard InChI is InChI=1S/C19H26BrN3O3S/c1-15-12-16(20)2-3-17(15)27-14-19(25)23-6-4-22(5-7-23)18(24)13-21-8-10-26-11-9-21/h2-3,12H,4-11,13-14H2,1H3. The maximum absolute atomic E-state index is 12.5. The first-order valence-electron chi connectivity index (χ1n) is 9.27. The molecule has 8 heteroatoms. The van der Waals surface area contributed by atoms with Crippen LogP contribution in [0.5, 0.6) is 0 Å². The fraction of sp³-hybridized carbons (Fsp3) is 0.579. The SMILES string of the molecule is Cc1cc(Br)ccc1SCC(=O)N1CCN(C(=O)CN2CCOCC2)CC1. The van der Waals surface area contributed by atoms with E-state index in [2.05, 4.69) is 33.8 Å². The van der Waals surface area contributed by atoms with Crippen LogP contribution in [0, 0.1) is 6.92 Å². The molecule has 0 aromatic heterocycles. The Morgan fingerprint density at radius 3 is 2.30 bits per heavy atom. The summed E-state index contributed by atoms with van der Waals surface area (Å²) in [4.78, 5) is 32.0. The van der Waals surface area contributed by atoms with Crippen LogP contribution in [-0.4, -0.2) is 91.3 Å². The Morgan fingerprint density at radius 2 is 1.67 bits per heavy atom. The number of nitrogens with zero attached hydrogens (tertiary/aromatic N) is 3. The van der Waals surface area contributed by atoms with Crippen LogP contribution < -0.4 is 0 Å². The van der Waals surface area contributed by atoms with Crippen molar-refractivity contribution < 1.29 is 14.3 Å². The molecule has 2 fully saturated rings. The summed E-state index contributed by atoms with van der Waals surface area (Å²) >= 11 is 5.04. The molecule has 0 spiro atoms. The van der Waals surface area contributed by atoms with Gasteiger partial charge in [-0.15, -0.1) is 11.8 Å². The van der Waals surface area contributed by atoms with Gasteiger partial charge < -0.3 is 14.5 Å². The first-order chi connectivity index (χ1) is 13.0. The van der Waals surface area contributed by atoms with Crippen molar-refractivity contribution in [2.24, 2.45) is 0 Å². The van der Waals surface area contributed by atoms with E-state index in [0.717, 1.165) is 22.5 Å². The van der Waals surface area contributed by atoms with Crippen molar-refractivity contribution in [1.29, 1.82) is 0 Å². The average Bonchev–Trinajstić information content (AvgIpc) is 2.68. The predicted molar refractivity (Wildman–Crippen MR) is 110 cm³/mol. The van der Waals surface area contributed by atoms with Gasteiger partial charge in [0, 0.05) is 48.6 Å². The van der Waals surface area contributed by atoms with Crippen LogP contribution in [0.3, 0.4) is 0 Å². The number of morpholine rings is 1. The van der Waals surface area contributed by atoms with E-state index < -0.39 is 0 Å². The van der Waals surface area contributed by atoms with Crippen molar-refractivity contribution in [3.63, 3.8) is 0 Å². The zero-order valence-electron chi connectivity index (χ0n) is 15.7. The number of rotatable bonds is 5. The van der Waals surface area contributed by atoms with Crippen LogP contribution in [0.2, 0.25) is 0 Å². The third kappa shape index (κ3) is 5.94. The largest absolute Gasteiger partial charge is 0.379 e. The lowest BCUT2D eigenvalue weighted by Gasteiger charge is -2.36. The minimum atomic E-state index is 0.141. The van der Waals surface area contributed by atoms with E-state index in [1.54, 1.807) is 11.8 Å². The lowest BCUT2D eigenvalue weighted by molar-refractivity contribution is -0.139.